The topological polar surface area (TPSA) is 87.7 Å². The highest BCUT2D eigenvalue weighted by molar-refractivity contribution is 9.10. The monoisotopic (exact) mass is 344 g/mol. The molecule has 2 N–H and O–H groups in total. The smallest absolute Gasteiger partial charge is 0.276 e. The number of hydrogen-bond acceptors (Lipinski definition) is 4. The molecule has 0 saturated heterocycles. The Bertz CT molecular complexity index is 891. The second kappa shape index (κ2) is 5.45. The molecule has 0 aliphatic heterocycles. The second-order valence-electron chi connectivity index (χ2n) is 4.24. The van der Waals surface area contributed by atoms with Crippen molar-refractivity contribution in [3.05, 3.63) is 63.2 Å². The van der Waals surface area contributed by atoms with Crippen molar-refractivity contribution in [3.8, 4) is 0 Å². The van der Waals surface area contributed by atoms with Crippen LogP contribution in [-0.2, 0) is 0 Å². The van der Waals surface area contributed by atoms with E-state index in [4.69, 9.17) is 0 Å². The Morgan fingerprint density at radius 1 is 1.14 bits per heavy atom. The maximum atomic E-state index is 12.3. The molecule has 0 spiro atoms. The van der Waals surface area contributed by atoms with E-state index in [1.54, 1.807) is 42.6 Å². The third kappa shape index (κ3) is 2.55. The number of benzene rings is 1. The number of amides is 1. The number of nitrogens with one attached hydrogen (secondary N) is 2. The summed E-state index contributed by atoms with van der Waals surface area (Å²) in [5.74, 6) is -0.420. The highest BCUT2D eigenvalue weighted by Crippen LogP contribution is 2.20. The van der Waals surface area contributed by atoms with Crippen LogP contribution in [0.2, 0.25) is 0 Å². The van der Waals surface area contributed by atoms with Crippen molar-refractivity contribution in [2.75, 3.05) is 5.32 Å². The van der Waals surface area contributed by atoms with Crippen LogP contribution in [0.1, 0.15) is 10.5 Å². The molecule has 7 heteroatoms. The van der Waals surface area contributed by atoms with Gasteiger partial charge in [0.15, 0.2) is 5.69 Å². The van der Waals surface area contributed by atoms with E-state index in [2.05, 4.69) is 36.4 Å². The van der Waals surface area contributed by atoms with Crippen molar-refractivity contribution >= 4 is 38.3 Å². The van der Waals surface area contributed by atoms with E-state index in [1.165, 1.54) is 0 Å². The van der Waals surface area contributed by atoms with Crippen molar-refractivity contribution in [1.29, 1.82) is 0 Å². The van der Waals surface area contributed by atoms with Crippen molar-refractivity contribution in [2.24, 2.45) is 0 Å². The highest BCUT2D eigenvalue weighted by Gasteiger charge is 2.15. The molecule has 0 bridgehead atoms. The Labute approximate surface area is 127 Å². The van der Waals surface area contributed by atoms with Gasteiger partial charge in [-0.1, -0.05) is 18.2 Å². The first kappa shape index (κ1) is 13.4. The van der Waals surface area contributed by atoms with Crippen LogP contribution in [0, 0.1) is 0 Å². The normalized spacial score (nSPS) is 10.5. The minimum absolute atomic E-state index is 0.154. The fraction of sp³-hybridized carbons (Fsp3) is 0. The van der Waals surface area contributed by atoms with Gasteiger partial charge < -0.3 is 5.32 Å². The van der Waals surface area contributed by atoms with Gasteiger partial charge in [0.1, 0.15) is 4.60 Å². The van der Waals surface area contributed by atoms with Gasteiger partial charge in [0.05, 0.1) is 11.1 Å². The minimum atomic E-state index is -0.420. The molecule has 0 saturated carbocycles. The van der Waals surface area contributed by atoms with Gasteiger partial charge in [-0.25, -0.2) is 10.1 Å². The van der Waals surface area contributed by atoms with E-state index in [-0.39, 0.29) is 11.3 Å². The van der Waals surface area contributed by atoms with E-state index < -0.39 is 5.91 Å². The van der Waals surface area contributed by atoms with E-state index in [1.807, 2.05) is 0 Å². The first-order chi connectivity index (χ1) is 10.2. The van der Waals surface area contributed by atoms with Gasteiger partial charge in [-0.05, 0) is 34.1 Å². The highest BCUT2D eigenvalue weighted by atomic mass is 79.9. The molecule has 0 radical (unpaired) electrons. The summed E-state index contributed by atoms with van der Waals surface area (Å²) in [6, 6.07) is 10.2. The zero-order valence-corrected chi connectivity index (χ0v) is 12.2. The molecular weight excluding hydrogens is 336 g/mol. The van der Waals surface area contributed by atoms with Crippen LogP contribution in [-0.4, -0.2) is 21.1 Å². The second-order valence-corrected chi connectivity index (χ2v) is 4.99. The number of carbonyl (C=O) groups excluding carboxylic acids is 1. The lowest BCUT2D eigenvalue weighted by molar-refractivity contribution is 0.102. The molecule has 3 rings (SSSR count). The summed E-state index contributed by atoms with van der Waals surface area (Å²) in [6.07, 6.45) is 1.60. The maximum Gasteiger partial charge on any atom is 0.276 e. The van der Waals surface area contributed by atoms with Crippen LogP contribution in [0.15, 0.2) is 52.0 Å². The molecule has 0 aliphatic rings. The molecule has 21 heavy (non-hydrogen) atoms. The Kier molecular flexibility index (Phi) is 3.49. The Hall–Kier alpha value is -2.54. The van der Waals surface area contributed by atoms with E-state index >= 15 is 0 Å². The van der Waals surface area contributed by atoms with Crippen LogP contribution in [0.3, 0.4) is 0 Å². The van der Waals surface area contributed by atoms with Gasteiger partial charge in [-0.3, -0.25) is 9.59 Å². The molecule has 0 atom stereocenters. The number of anilines is 1. The number of aromatic nitrogens is 3. The molecule has 104 valence electrons. The van der Waals surface area contributed by atoms with Gasteiger partial charge in [0.2, 0.25) is 0 Å². The van der Waals surface area contributed by atoms with Crippen LogP contribution in [0.5, 0.6) is 0 Å². The first-order valence-corrected chi connectivity index (χ1v) is 6.85. The van der Waals surface area contributed by atoms with E-state index in [0.29, 0.717) is 21.1 Å². The summed E-state index contributed by atoms with van der Waals surface area (Å²) < 4.78 is 0.520. The van der Waals surface area contributed by atoms with Crippen LogP contribution >= 0.6 is 15.9 Å². The zero-order chi connectivity index (χ0) is 14.8. The third-order valence-electron chi connectivity index (χ3n) is 2.92. The summed E-state index contributed by atoms with van der Waals surface area (Å²) >= 11 is 3.25. The van der Waals surface area contributed by atoms with Crippen molar-refractivity contribution in [3.63, 3.8) is 0 Å². The molecule has 0 aliphatic carbocycles. The number of nitrogens with zero attached hydrogens (tertiary/aromatic N) is 2. The molecule has 6 nitrogen and oxygen atoms in total. The van der Waals surface area contributed by atoms with Crippen molar-refractivity contribution in [2.45, 2.75) is 0 Å². The molecular formula is C14H9BrN4O2. The maximum absolute atomic E-state index is 12.3. The lowest BCUT2D eigenvalue weighted by Gasteiger charge is -2.07. The van der Waals surface area contributed by atoms with Crippen LogP contribution < -0.4 is 10.9 Å². The standard InChI is InChI=1S/C14H9BrN4O2/c15-12-10(6-3-7-16-12)17-14(21)11-8-4-1-2-5-9(8)13(20)19-18-11/h1-7H,(H,17,21)(H,19,20). The fourth-order valence-corrected chi connectivity index (χ4v) is 2.30. The molecule has 0 unspecified atom stereocenters. The predicted molar refractivity (Wildman–Crippen MR) is 82.3 cm³/mol. The molecule has 0 fully saturated rings. The SMILES string of the molecule is O=C(Nc1cccnc1Br)c1n[nH]c(=O)c2ccccc12. The van der Waals surface area contributed by atoms with Crippen molar-refractivity contribution in [1.82, 2.24) is 15.2 Å². The average molecular weight is 345 g/mol. The number of hydrogen-bond donors (Lipinski definition) is 2. The fourth-order valence-electron chi connectivity index (χ4n) is 1.95. The predicted octanol–water partition coefficient (Wildman–Crippen LogP) is 2.33. The number of halogens is 1. The van der Waals surface area contributed by atoms with Crippen LogP contribution in [0.25, 0.3) is 10.8 Å². The summed E-state index contributed by atoms with van der Waals surface area (Å²) in [4.78, 5) is 28.1. The average Bonchev–Trinajstić information content (AvgIpc) is 2.50. The molecule has 2 heterocycles. The number of fused-ring (bicyclic) bond motifs is 1. The Morgan fingerprint density at radius 3 is 2.67 bits per heavy atom. The Balaban J connectivity index is 2.05. The van der Waals surface area contributed by atoms with Crippen molar-refractivity contribution < 1.29 is 4.79 Å². The third-order valence-corrected chi connectivity index (χ3v) is 3.55. The summed E-state index contributed by atoms with van der Waals surface area (Å²) in [5, 5.41) is 9.80. The lowest BCUT2D eigenvalue weighted by atomic mass is 10.1. The van der Waals surface area contributed by atoms with E-state index in [0.717, 1.165) is 0 Å². The Morgan fingerprint density at radius 2 is 1.90 bits per heavy atom. The molecule has 2 aromatic heterocycles. The largest absolute Gasteiger partial charge is 0.318 e. The lowest BCUT2D eigenvalue weighted by Crippen LogP contribution is -2.19. The zero-order valence-electron chi connectivity index (χ0n) is 10.6. The number of H-pyrrole nitrogens is 1. The van der Waals surface area contributed by atoms with Gasteiger partial charge in [-0.2, -0.15) is 5.10 Å². The van der Waals surface area contributed by atoms with Gasteiger partial charge in [0, 0.05) is 11.6 Å². The number of rotatable bonds is 2. The van der Waals surface area contributed by atoms with Gasteiger partial charge in [0.25, 0.3) is 11.5 Å². The van der Waals surface area contributed by atoms with E-state index in [9.17, 15) is 9.59 Å². The number of pyridine rings is 1. The molecule has 1 amide bonds. The van der Waals surface area contributed by atoms with Crippen LogP contribution in [0.4, 0.5) is 5.69 Å². The minimum Gasteiger partial charge on any atom is -0.318 e. The molecule has 1 aromatic carbocycles. The summed E-state index contributed by atoms with van der Waals surface area (Å²) in [7, 11) is 0. The molecule has 3 aromatic rings. The summed E-state index contributed by atoms with van der Waals surface area (Å²) in [5.41, 5.74) is 0.352. The summed E-state index contributed by atoms with van der Waals surface area (Å²) in [6.45, 7) is 0. The number of carbonyl (C=O) groups is 1. The van der Waals surface area contributed by atoms with Gasteiger partial charge in [-0.15, -0.1) is 0 Å². The quantitative estimate of drug-likeness (QED) is 0.698. The van der Waals surface area contributed by atoms with Gasteiger partial charge >= 0.3 is 0 Å². The number of aromatic amines is 1. The first-order valence-electron chi connectivity index (χ1n) is 6.06.